The lowest BCUT2D eigenvalue weighted by atomic mass is 9.83. The van der Waals surface area contributed by atoms with Gasteiger partial charge >= 0.3 is 5.97 Å². The normalized spacial score (nSPS) is 23.5. The Hall–Kier alpha value is -4.78. The maximum atomic E-state index is 12.5. The first kappa shape index (κ1) is 30.9. The highest BCUT2D eigenvalue weighted by atomic mass is 16.5. The molecular weight excluding hydrogens is 584 g/mol. The number of aliphatic hydroxyl groups is 1. The Morgan fingerprint density at radius 1 is 0.894 bits per heavy atom. The molecule has 240 valence electrons. The summed E-state index contributed by atoms with van der Waals surface area (Å²) >= 11 is 0. The number of allylic oxidation sites excluding steroid dienone is 12. The van der Waals surface area contributed by atoms with Gasteiger partial charge in [0.2, 0.25) is 0 Å². The molecule has 0 spiro atoms. The fraction of sp³-hybridized carbons (Fsp3) is 0.350. The highest BCUT2D eigenvalue weighted by Gasteiger charge is 2.43. The van der Waals surface area contributed by atoms with E-state index in [1.807, 2.05) is 13.0 Å². The van der Waals surface area contributed by atoms with Crippen molar-refractivity contribution in [1.82, 2.24) is 5.32 Å². The van der Waals surface area contributed by atoms with Gasteiger partial charge in [0.25, 0.3) is 0 Å². The van der Waals surface area contributed by atoms with E-state index >= 15 is 0 Å². The van der Waals surface area contributed by atoms with Gasteiger partial charge in [-0.05, 0) is 85.6 Å². The Morgan fingerprint density at radius 2 is 1.60 bits per heavy atom. The lowest BCUT2D eigenvalue weighted by Gasteiger charge is -2.19. The molecule has 7 rings (SSSR count). The van der Waals surface area contributed by atoms with Gasteiger partial charge in [-0.2, -0.15) is 0 Å². The van der Waals surface area contributed by atoms with Crippen molar-refractivity contribution in [3.8, 4) is 0 Å². The maximum Gasteiger partial charge on any atom is 0.305 e. The fourth-order valence-corrected chi connectivity index (χ4v) is 8.04. The first-order valence-corrected chi connectivity index (χ1v) is 16.8. The van der Waals surface area contributed by atoms with E-state index in [9.17, 15) is 9.90 Å². The molecule has 1 aromatic carbocycles. The molecule has 8 bridgehead atoms. The Labute approximate surface area is 277 Å². The number of ether oxygens (including phenoxy) is 1. The number of nitrogens with one attached hydrogen (secondary N) is 1. The van der Waals surface area contributed by atoms with E-state index in [0.29, 0.717) is 25.0 Å². The molecule has 7 nitrogen and oxygen atoms in total. The molecule has 0 unspecified atom stereocenters. The molecule has 1 saturated heterocycles. The lowest BCUT2D eigenvalue weighted by Crippen LogP contribution is -2.16. The largest absolute Gasteiger partial charge is 0.511 e. The first-order chi connectivity index (χ1) is 22.7. The number of aliphatic imine (C=N–C) groups is 3. The van der Waals surface area contributed by atoms with Crippen LogP contribution in [0.1, 0.15) is 79.2 Å². The standard InChI is InChI=1S/C40H42N4O3/c1-8-25-20(3)29-18-32-26(9-2)21(4)37(43-32)36(24-13-11-10-12-14-24)38-22(5)27(15-16-34(46)47-7)39(44-38)28-17-33(45)35-23(6)30(42-40(28)35)19-31(25)41-29/h10-14,18-19,22,27,44-45H,8-9,15-17H2,1-7H3/t22-,27-/m0/s1. The number of benzene rings is 1. The van der Waals surface area contributed by atoms with Crippen LogP contribution < -0.4 is 5.32 Å². The van der Waals surface area contributed by atoms with Crippen molar-refractivity contribution >= 4 is 28.7 Å². The van der Waals surface area contributed by atoms with Gasteiger partial charge in [-0.15, -0.1) is 0 Å². The predicted molar refractivity (Wildman–Crippen MR) is 189 cm³/mol. The SMILES string of the molecule is CCC1=C(C)C2=NC1=CC1=C(C)C3=C(O)CC(=C4NC(=C(c5ccccc5)C5=NC(=C2)C(CC)=C5C)[C@@H](C)[C@@H]4CCC(=O)OC)C3=N1. The second-order valence-electron chi connectivity index (χ2n) is 13.1. The van der Waals surface area contributed by atoms with Gasteiger partial charge in [0.05, 0.1) is 41.3 Å². The summed E-state index contributed by atoms with van der Waals surface area (Å²) in [5.74, 6) is 0.114. The van der Waals surface area contributed by atoms with Crippen molar-refractivity contribution in [2.24, 2.45) is 26.8 Å². The molecule has 6 aliphatic rings. The number of carbonyl (C=O) groups is 1. The molecule has 5 aliphatic heterocycles. The number of methoxy groups -OCH3 is 1. The van der Waals surface area contributed by atoms with Crippen molar-refractivity contribution in [2.75, 3.05) is 7.11 Å². The molecule has 2 atom stereocenters. The van der Waals surface area contributed by atoms with Crippen molar-refractivity contribution in [1.29, 1.82) is 0 Å². The van der Waals surface area contributed by atoms with Gasteiger partial charge in [-0.3, -0.25) is 4.79 Å². The summed E-state index contributed by atoms with van der Waals surface area (Å²) in [5, 5.41) is 15.3. The summed E-state index contributed by atoms with van der Waals surface area (Å²) in [4.78, 5) is 28.2. The van der Waals surface area contributed by atoms with E-state index in [2.05, 4.69) is 76.4 Å². The minimum atomic E-state index is -0.231. The van der Waals surface area contributed by atoms with Gasteiger partial charge in [-0.1, -0.05) is 51.1 Å². The monoisotopic (exact) mass is 626 g/mol. The average Bonchev–Trinajstić information content (AvgIpc) is 3.83. The molecule has 7 heteroatoms. The topological polar surface area (TPSA) is 95.6 Å². The van der Waals surface area contributed by atoms with Crippen LogP contribution >= 0.6 is 0 Å². The van der Waals surface area contributed by atoms with Gasteiger partial charge < -0.3 is 15.2 Å². The fourth-order valence-electron chi connectivity index (χ4n) is 8.04. The van der Waals surface area contributed by atoms with E-state index < -0.39 is 0 Å². The predicted octanol–water partition coefficient (Wildman–Crippen LogP) is 8.55. The van der Waals surface area contributed by atoms with Crippen molar-refractivity contribution in [2.45, 2.75) is 73.6 Å². The summed E-state index contributed by atoms with van der Waals surface area (Å²) in [7, 11) is 1.44. The van der Waals surface area contributed by atoms with Crippen LogP contribution in [0.25, 0.3) is 5.57 Å². The van der Waals surface area contributed by atoms with E-state index in [-0.39, 0.29) is 17.8 Å². The third kappa shape index (κ3) is 4.86. The molecule has 0 saturated carbocycles. The van der Waals surface area contributed by atoms with Crippen LogP contribution in [-0.2, 0) is 9.53 Å². The third-order valence-corrected chi connectivity index (χ3v) is 10.6. The molecule has 0 aromatic heterocycles. The smallest absolute Gasteiger partial charge is 0.305 e. The number of aliphatic hydroxyl groups excluding tert-OH is 1. The molecule has 0 radical (unpaired) electrons. The van der Waals surface area contributed by atoms with Crippen molar-refractivity contribution in [3.63, 3.8) is 0 Å². The molecule has 5 heterocycles. The van der Waals surface area contributed by atoms with Crippen LogP contribution in [0.5, 0.6) is 0 Å². The van der Waals surface area contributed by atoms with Crippen molar-refractivity contribution in [3.05, 3.63) is 121 Å². The lowest BCUT2D eigenvalue weighted by molar-refractivity contribution is -0.140. The number of esters is 1. The Balaban J connectivity index is 1.55. The van der Waals surface area contributed by atoms with E-state index in [0.717, 1.165) is 97.5 Å². The van der Waals surface area contributed by atoms with E-state index in [1.165, 1.54) is 18.3 Å². The molecular formula is C40H42N4O3. The van der Waals surface area contributed by atoms with Gasteiger partial charge in [0.15, 0.2) is 0 Å². The van der Waals surface area contributed by atoms with Gasteiger partial charge in [0.1, 0.15) is 5.76 Å². The Morgan fingerprint density at radius 3 is 2.30 bits per heavy atom. The summed E-state index contributed by atoms with van der Waals surface area (Å²) < 4.78 is 5.07. The minimum absolute atomic E-state index is 0.0168. The van der Waals surface area contributed by atoms with Crippen LogP contribution in [0.15, 0.2) is 131 Å². The highest BCUT2D eigenvalue weighted by Crippen LogP contribution is 2.48. The van der Waals surface area contributed by atoms with Crippen LogP contribution in [0.4, 0.5) is 0 Å². The summed E-state index contributed by atoms with van der Waals surface area (Å²) in [6, 6.07) is 10.5. The van der Waals surface area contributed by atoms with Crippen LogP contribution in [0.2, 0.25) is 0 Å². The number of nitrogens with zero attached hydrogens (tertiary/aromatic N) is 3. The zero-order valence-corrected chi connectivity index (χ0v) is 28.3. The van der Waals surface area contributed by atoms with Gasteiger partial charge in [-0.25, -0.2) is 15.0 Å². The molecule has 47 heavy (non-hydrogen) atoms. The summed E-state index contributed by atoms with van der Waals surface area (Å²) in [6.45, 7) is 12.9. The Bertz CT molecular complexity index is 1990. The minimum Gasteiger partial charge on any atom is -0.511 e. The second-order valence-corrected chi connectivity index (χ2v) is 13.1. The van der Waals surface area contributed by atoms with Crippen molar-refractivity contribution < 1.29 is 14.6 Å². The van der Waals surface area contributed by atoms with Crippen LogP contribution in [0.3, 0.4) is 0 Å². The second kappa shape index (κ2) is 11.8. The number of rotatable bonds is 6. The molecule has 2 N–H and O–H groups in total. The number of hydrogen-bond acceptors (Lipinski definition) is 7. The quantitative estimate of drug-likeness (QED) is 0.309. The summed E-state index contributed by atoms with van der Waals surface area (Å²) in [5.41, 5.74) is 17.1. The highest BCUT2D eigenvalue weighted by molar-refractivity contribution is 6.34. The Kier molecular flexibility index (Phi) is 7.74. The number of hydrogen-bond donors (Lipinski definition) is 2. The number of fused-ring (bicyclic) bond motifs is 5. The summed E-state index contributed by atoms with van der Waals surface area (Å²) in [6.07, 6.45) is 7.21. The molecule has 1 fully saturated rings. The maximum absolute atomic E-state index is 12.5. The van der Waals surface area contributed by atoms with E-state index in [1.54, 1.807) is 0 Å². The zero-order chi connectivity index (χ0) is 33.1. The number of carbonyl (C=O) groups excluding carboxylic acids is 1. The van der Waals surface area contributed by atoms with Crippen LogP contribution in [0, 0.1) is 11.8 Å². The average molecular weight is 627 g/mol. The third-order valence-electron chi connectivity index (χ3n) is 10.6. The van der Waals surface area contributed by atoms with E-state index in [4.69, 9.17) is 19.7 Å². The molecule has 1 aliphatic carbocycles. The first-order valence-electron chi connectivity index (χ1n) is 16.8. The molecule has 1 aromatic rings. The molecule has 0 amide bonds. The van der Waals surface area contributed by atoms with Gasteiger partial charge in [0, 0.05) is 52.8 Å². The zero-order valence-electron chi connectivity index (χ0n) is 28.3. The van der Waals surface area contributed by atoms with Crippen LogP contribution in [-0.4, -0.2) is 35.3 Å².